The average molecular weight is 369 g/mol. The Morgan fingerprint density at radius 2 is 1.92 bits per heavy atom. The summed E-state index contributed by atoms with van der Waals surface area (Å²) >= 11 is 0. The van der Waals surface area contributed by atoms with Crippen LogP contribution in [-0.4, -0.2) is 36.2 Å². The topological polar surface area (TPSA) is 41.6 Å². The highest BCUT2D eigenvalue weighted by Gasteiger charge is 2.45. The smallest absolute Gasteiger partial charge is 0.416 e. The molecular formula is C15H17ClF4N2O2. The van der Waals surface area contributed by atoms with E-state index in [-0.39, 0.29) is 31.1 Å². The Hall–Kier alpha value is -1.54. The van der Waals surface area contributed by atoms with Gasteiger partial charge in [0.25, 0.3) is 0 Å². The van der Waals surface area contributed by atoms with Crippen molar-refractivity contribution in [3.63, 3.8) is 0 Å². The molecule has 3 rings (SSSR count). The first-order valence-corrected chi connectivity index (χ1v) is 7.33. The lowest BCUT2D eigenvalue weighted by molar-refractivity contribution is -0.137. The standard InChI is InChI=1S/C15H16F4N2O2.ClH/c16-12-2-1-11(15(17,18)19)7-10(12)8-21-9-14(23-13(21)22)3-5-20-6-4-14;/h1-2,7,20H,3-6,8-9H2;1H. The van der Waals surface area contributed by atoms with Crippen LogP contribution < -0.4 is 5.32 Å². The van der Waals surface area contributed by atoms with Crippen molar-refractivity contribution in [2.45, 2.75) is 31.2 Å². The van der Waals surface area contributed by atoms with E-state index < -0.39 is 29.3 Å². The van der Waals surface area contributed by atoms with Gasteiger partial charge in [-0.05, 0) is 31.3 Å². The predicted octanol–water partition coefficient (Wildman–Crippen LogP) is 3.34. The van der Waals surface area contributed by atoms with Crippen LogP contribution in [0.4, 0.5) is 22.4 Å². The van der Waals surface area contributed by atoms with Crippen LogP contribution in [0.3, 0.4) is 0 Å². The number of amides is 1. The second-order valence-electron chi connectivity index (χ2n) is 5.96. The van der Waals surface area contributed by atoms with Gasteiger partial charge in [0, 0.05) is 18.4 Å². The van der Waals surface area contributed by atoms with Crippen molar-refractivity contribution in [2.24, 2.45) is 0 Å². The number of carbonyl (C=O) groups is 1. The zero-order valence-corrected chi connectivity index (χ0v) is 13.5. The summed E-state index contributed by atoms with van der Waals surface area (Å²) in [5.74, 6) is -0.767. The molecule has 2 aliphatic rings. The van der Waals surface area contributed by atoms with Gasteiger partial charge in [0.15, 0.2) is 0 Å². The predicted molar refractivity (Wildman–Crippen MR) is 80.4 cm³/mol. The highest BCUT2D eigenvalue weighted by molar-refractivity contribution is 5.85. The summed E-state index contributed by atoms with van der Waals surface area (Å²) in [6, 6.07) is 2.21. The van der Waals surface area contributed by atoms with Crippen molar-refractivity contribution in [2.75, 3.05) is 19.6 Å². The number of carbonyl (C=O) groups excluding carboxylic acids is 1. The molecule has 0 unspecified atom stereocenters. The normalized spacial score (nSPS) is 20.0. The number of benzene rings is 1. The van der Waals surface area contributed by atoms with E-state index >= 15 is 0 Å². The molecule has 2 fully saturated rings. The van der Waals surface area contributed by atoms with Crippen LogP contribution in [0.25, 0.3) is 0 Å². The molecule has 1 aromatic rings. The van der Waals surface area contributed by atoms with Gasteiger partial charge in [0.1, 0.15) is 11.4 Å². The molecule has 9 heteroatoms. The molecule has 4 nitrogen and oxygen atoms in total. The number of halogens is 5. The van der Waals surface area contributed by atoms with Crippen molar-refractivity contribution >= 4 is 18.5 Å². The van der Waals surface area contributed by atoms with E-state index in [0.29, 0.717) is 32.0 Å². The van der Waals surface area contributed by atoms with E-state index in [1.807, 2.05) is 0 Å². The van der Waals surface area contributed by atoms with Crippen LogP contribution in [0, 0.1) is 5.82 Å². The number of hydrogen-bond donors (Lipinski definition) is 1. The van der Waals surface area contributed by atoms with E-state index in [0.717, 1.165) is 12.1 Å². The number of rotatable bonds is 2. The summed E-state index contributed by atoms with van der Waals surface area (Å²) in [7, 11) is 0. The minimum absolute atomic E-state index is 0. The quantitative estimate of drug-likeness (QED) is 0.814. The van der Waals surface area contributed by atoms with Crippen LogP contribution >= 0.6 is 12.4 Å². The highest BCUT2D eigenvalue weighted by Crippen LogP contribution is 2.34. The molecular weight excluding hydrogens is 352 g/mol. The number of nitrogens with one attached hydrogen (secondary N) is 1. The molecule has 1 aromatic carbocycles. The molecule has 24 heavy (non-hydrogen) atoms. The molecule has 1 N–H and O–H groups in total. The van der Waals surface area contributed by atoms with Gasteiger partial charge < -0.3 is 10.1 Å². The molecule has 0 aromatic heterocycles. The summed E-state index contributed by atoms with van der Waals surface area (Å²) in [6.07, 6.45) is -3.88. The number of piperidine rings is 1. The van der Waals surface area contributed by atoms with E-state index in [4.69, 9.17) is 4.74 Å². The zero-order chi connectivity index (χ0) is 16.7. The molecule has 0 atom stereocenters. The van der Waals surface area contributed by atoms with Crippen LogP contribution in [0.5, 0.6) is 0 Å². The minimum Gasteiger partial charge on any atom is -0.441 e. The fraction of sp³-hybridized carbons (Fsp3) is 0.533. The Balaban J connectivity index is 0.00000208. The first-order chi connectivity index (χ1) is 10.8. The second-order valence-corrected chi connectivity index (χ2v) is 5.96. The Bertz CT molecular complexity index is 618. The van der Waals surface area contributed by atoms with Gasteiger partial charge >= 0.3 is 12.3 Å². The number of alkyl halides is 3. The minimum atomic E-state index is -4.55. The summed E-state index contributed by atoms with van der Waals surface area (Å²) in [4.78, 5) is 13.3. The number of ether oxygens (including phenoxy) is 1. The van der Waals surface area contributed by atoms with Crippen molar-refractivity contribution in [1.82, 2.24) is 10.2 Å². The van der Waals surface area contributed by atoms with Gasteiger partial charge in [0.05, 0.1) is 18.7 Å². The lowest BCUT2D eigenvalue weighted by Gasteiger charge is -2.31. The first-order valence-electron chi connectivity index (χ1n) is 7.33. The lowest BCUT2D eigenvalue weighted by atomic mass is 9.92. The number of nitrogens with zero attached hydrogens (tertiary/aromatic N) is 1. The van der Waals surface area contributed by atoms with Crippen LogP contribution in [0.1, 0.15) is 24.0 Å². The van der Waals surface area contributed by atoms with E-state index in [1.165, 1.54) is 4.90 Å². The molecule has 0 saturated carbocycles. The molecule has 0 bridgehead atoms. The largest absolute Gasteiger partial charge is 0.441 e. The Morgan fingerprint density at radius 1 is 1.25 bits per heavy atom. The molecule has 1 spiro atoms. The Labute approximate surface area is 142 Å². The van der Waals surface area contributed by atoms with Crippen LogP contribution in [0.2, 0.25) is 0 Å². The molecule has 0 aliphatic carbocycles. The molecule has 134 valence electrons. The van der Waals surface area contributed by atoms with Crippen molar-refractivity contribution < 1.29 is 27.1 Å². The van der Waals surface area contributed by atoms with Crippen molar-refractivity contribution in [3.05, 3.63) is 35.1 Å². The summed E-state index contributed by atoms with van der Waals surface area (Å²) in [5.41, 5.74) is -1.71. The third-order valence-corrected chi connectivity index (χ3v) is 4.29. The fourth-order valence-electron chi connectivity index (χ4n) is 3.04. The monoisotopic (exact) mass is 368 g/mol. The molecule has 2 aliphatic heterocycles. The molecule has 0 radical (unpaired) electrons. The van der Waals surface area contributed by atoms with Gasteiger partial charge in [-0.3, -0.25) is 4.90 Å². The second kappa shape index (κ2) is 6.76. The zero-order valence-electron chi connectivity index (χ0n) is 12.7. The van der Waals surface area contributed by atoms with Gasteiger partial charge in [-0.15, -0.1) is 12.4 Å². The van der Waals surface area contributed by atoms with E-state index in [1.54, 1.807) is 0 Å². The highest BCUT2D eigenvalue weighted by atomic mass is 35.5. The summed E-state index contributed by atoms with van der Waals surface area (Å²) in [5, 5.41) is 3.15. The third-order valence-electron chi connectivity index (χ3n) is 4.29. The third kappa shape index (κ3) is 3.75. The van der Waals surface area contributed by atoms with Crippen LogP contribution in [-0.2, 0) is 17.5 Å². The first kappa shape index (κ1) is 18.8. The van der Waals surface area contributed by atoms with Gasteiger partial charge in [-0.2, -0.15) is 13.2 Å². The van der Waals surface area contributed by atoms with Gasteiger partial charge in [0.2, 0.25) is 0 Å². The maximum atomic E-state index is 13.8. The Kier molecular flexibility index (Phi) is 5.29. The van der Waals surface area contributed by atoms with Crippen molar-refractivity contribution in [1.29, 1.82) is 0 Å². The van der Waals surface area contributed by atoms with Gasteiger partial charge in [-0.25, -0.2) is 9.18 Å². The Morgan fingerprint density at radius 3 is 2.54 bits per heavy atom. The maximum Gasteiger partial charge on any atom is 0.416 e. The SMILES string of the molecule is Cl.O=C1OC2(CCNCC2)CN1Cc1cc(C(F)(F)F)ccc1F. The van der Waals surface area contributed by atoms with Crippen LogP contribution in [0.15, 0.2) is 18.2 Å². The molecule has 2 saturated heterocycles. The summed E-state index contributed by atoms with van der Waals surface area (Å²) in [6.45, 7) is 1.45. The number of hydrogen-bond acceptors (Lipinski definition) is 3. The van der Waals surface area contributed by atoms with Crippen molar-refractivity contribution in [3.8, 4) is 0 Å². The van der Waals surface area contributed by atoms with E-state index in [9.17, 15) is 22.4 Å². The summed E-state index contributed by atoms with van der Waals surface area (Å²) < 4.78 is 57.5. The molecule has 2 heterocycles. The fourth-order valence-corrected chi connectivity index (χ4v) is 3.04. The maximum absolute atomic E-state index is 13.8. The molecule has 1 amide bonds. The average Bonchev–Trinajstić information content (AvgIpc) is 2.76. The van der Waals surface area contributed by atoms with Gasteiger partial charge in [-0.1, -0.05) is 0 Å². The lowest BCUT2D eigenvalue weighted by Crippen LogP contribution is -2.44. The van der Waals surface area contributed by atoms with E-state index in [2.05, 4.69) is 5.32 Å².